The van der Waals surface area contributed by atoms with Crippen molar-refractivity contribution in [3.63, 3.8) is 0 Å². The second kappa shape index (κ2) is 5.64. The highest BCUT2D eigenvalue weighted by atomic mass is 35.5. The molecule has 1 heterocycles. The predicted octanol–water partition coefficient (Wildman–Crippen LogP) is 1.97. The third kappa shape index (κ3) is 2.50. The van der Waals surface area contributed by atoms with E-state index in [1.165, 1.54) is 6.92 Å². The second-order valence-electron chi connectivity index (χ2n) is 6.82. The topological polar surface area (TPSA) is 72.8 Å². The lowest BCUT2D eigenvalue weighted by molar-refractivity contribution is -0.145. The van der Waals surface area contributed by atoms with E-state index in [2.05, 4.69) is 13.2 Å². The van der Waals surface area contributed by atoms with E-state index in [0.29, 0.717) is 30.4 Å². The molecule has 23 heavy (non-hydrogen) atoms. The van der Waals surface area contributed by atoms with Gasteiger partial charge in [0.1, 0.15) is 12.2 Å². The van der Waals surface area contributed by atoms with Crippen molar-refractivity contribution < 1.29 is 24.2 Å². The first-order valence-corrected chi connectivity index (χ1v) is 8.36. The first-order chi connectivity index (χ1) is 10.8. The first-order valence-electron chi connectivity index (χ1n) is 7.82. The number of rotatable bonds is 2. The Morgan fingerprint density at radius 1 is 1.52 bits per heavy atom. The quantitative estimate of drug-likeness (QED) is 0.360. The van der Waals surface area contributed by atoms with E-state index in [9.17, 15) is 14.7 Å². The standard InChI is InChI=1S/C17H21ClO5/c1-8-11-4-5-17(21,7-18)12-6-13(22-10(3)19)9(2)14(12)15(11)23-16(8)20/h11-15,21H,1-2,4-7H2,3H3. The third-order valence-electron chi connectivity index (χ3n) is 5.56. The van der Waals surface area contributed by atoms with Crippen LogP contribution >= 0.6 is 11.6 Å². The minimum absolute atomic E-state index is 0.0775. The number of fused-ring (bicyclic) bond motifs is 3. The van der Waals surface area contributed by atoms with Gasteiger partial charge in [0, 0.05) is 30.3 Å². The van der Waals surface area contributed by atoms with Gasteiger partial charge in [-0.25, -0.2) is 4.79 Å². The lowest BCUT2D eigenvalue weighted by atomic mass is 9.78. The molecule has 0 aromatic rings. The van der Waals surface area contributed by atoms with E-state index >= 15 is 0 Å². The van der Waals surface area contributed by atoms with Crippen molar-refractivity contribution in [2.24, 2.45) is 17.8 Å². The summed E-state index contributed by atoms with van der Waals surface area (Å²) in [5.41, 5.74) is 0.0330. The van der Waals surface area contributed by atoms with E-state index in [0.717, 1.165) is 0 Å². The highest BCUT2D eigenvalue weighted by Gasteiger charge is 2.59. The van der Waals surface area contributed by atoms with Gasteiger partial charge >= 0.3 is 11.9 Å². The molecule has 1 N–H and O–H groups in total. The summed E-state index contributed by atoms with van der Waals surface area (Å²) >= 11 is 6.07. The first kappa shape index (κ1) is 16.5. The van der Waals surface area contributed by atoms with Crippen molar-refractivity contribution in [3.8, 4) is 0 Å². The summed E-state index contributed by atoms with van der Waals surface area (Å²) in [5, 5.41) is 11.0. The largest absolute Gasteiger partial charge is 0.458 e. The summed E-state index contributed by atoms with van der Waals surface area (Å²) < 4.78 is 10.9. The fourth-order valence-electron chi connectivity index (χ4n) is 4.37. The maximum Gasteiger partial charge on any atom is 0.334 e. The highest BCUT2D eigenvalue weighted by molar-refractivity contribution is 6.18. The zero-order valence-electron chi connectivity index (χ0n) is 13.1. The smallest absolute Gasteiger partial charge is 0.334 e. The molecule has 3 fully saturated rings. The summed E-state index contributed by atoms with van der Waals surface area (Å²) in [6.07, 6.45) is 0.597. The zero-order chi connectivity index (χ0) is 16.9. The lowest BCUT2D eigenvalue weighted by Crippen LogP contribution is -2.43. The summed E-state index contributed by atoms with van der Waals surface area (Å²) in [7, 11) is 0. The van der Waals surface area contributed by atoms with Crippen LogP contribution in [0.25, 0.3) is 0 Å². The van der Waals surface area contributed by atoms with Crippen LogP contribution in [0, 0.1) is 17.8 Å². The molecule has 6 unspecified atom stereocenters. The average molecular weight is 341 g/mol. The van der Waals surface area contributed by atoms with Crippen LogP contribution in [0.4, 0.5) is 0 Å². The van der Waals surface area contributed by atoms with E-state index in [1.54, 1.807) is 0 Å². The monoisotopic (exact) mass is 340 g/mol. The van der Waals surface area contributed by atoms with Crippen molar-refractivity contribution >= 4 is 23.5 Å². The Balaban J connectivity index is 1.99. The Kier molecular flexibility index (Phi) is 4.05. The Morgan fingerprint density at radius 2 is 2.22 bits per heavy atom. The Bertz CT molecular complexity index is 586. The Hall–Kier alpha value is -1.33. The van der Waals surface area contributed by atoms with Crippen LogP contribution in [-0.4, -0.2) is 40.7 Å². The predicted molar refractivity (Wildman–Crippen MR) is 83.7 cm³/mol. The summed E-state index contributed by atoms with van der Waals surface area (Å²) in [6.45, 7) is 9.25. The van der Waals surface area contributed by atoms with Gasteiger partial charge < -0.3 is 14.6 Å². The minimum atomic E-state index is -1.10. The number of alkyl halides is 1. The summed E-state index contributed by atoms with van der Waals surface area (Å²) in [5.74, 6) is -1.40. The number of hydrogen-bond acceptors (Lipinski definition) is 5. The van der Waals surface area contributed by atoms with Crippen LogP contribution in [-0.2, 0) is 19.1 Å². The second-order valence-corrected chi connectivity index (χ2v) is 7.09. The van der Waals surface area contributed by atoms with Crippen molar-refractivity contribution in [1.82, 2.24) is 0 Å². The van der Waals surface area contributed by atoms with Crippen LogP contribution in [0.15, 0.2) is 24.3 Å². The molecule has 0 aromatic carbocycles. The molecule has 0 aromatic heterocycles. The molecule has 0 bridgehead atoms. The van der Waals surface area contributed by atoms with Crippen molar-refractivity contribution in [1.29, 1.82) is 0 Å². The molecule has 0 amide bonds. The fourth-order valence-corrected chi connectivity index (χ4v) is 4.70. The molecule has 6 atom stereocenters. The van der Waals surface area contributed by atoms with Gasteiger partial charge in [0.25, 0.3) is 0 Å². The molecule has 0 spiro atoms. The van der Waals surface area contributed by atoms with Crippen molar-refractivity contribution in [3.05, 3.63) is 24.3 Å². The molecule has 3 rings (SSSR count). The molecule has 1 saturated heterocycles. The Labute approximate surface area is 140 Å². The maximum absolute atomic E-state index is 11.9. The van der Waals surface area contributed by atoms with Crippen LogP contribution in [0.5, 0.6) is 0 Å². The number of carbonyl (C=O) groups excluding carboxylic acids is 2. The van der Waals surface area contributed by atoms with E-state index < -0.39 is 29.7 Å². The number of ether oxygens (including phenoxy) is 2. The number of hydrogen-bond donors (Lipinski definition) is 1. The molecule has 2 saturated carbocycles. The molecule has 126 valence electrons. The summed E-state index contributed by atoms with van der Waals surface area (Å²) in [4.78, 5) is 23.2. The fraction of sp³-hybridized carbons (Fsp3) is 0.647. The van der Waals surface area contributed by atoms with E-state index in [4.69, 9.17) is 21.1 Å². The molecule has 3 aliphatic rings. The van der Waals surface area contributed by atoms with Gasteiger partial charge in [-0.2, -0.15) is 0 Å². The zero-order valence-corrected chi connectivity index (χ0v) is 13.8. The normalized spacial score (nSPS) is 42.7. The number of halogens is 1. The molecule has 0 radical (unpaired) electrons. The third-order valence-corrected chi connectivity index (χ3v) is 6.03. The van der Waals surface area contributed by atoms with Gasteiger partial charge in [0.15, 0.2) is 0 Å². The molecule has 5 nitrogen and oxygen atoms in total. The summed E-state index contributed by atoms with van der Waals surface area (Å²) in [6, 6.07) is 0. The van der Waals surface area contributed by atoms with Crippen LogP contribution in [0.1, 0.15) is 26.2 Å². The number of esters is 2. The van der Waals surface area contributed by atoms with Crippen LogP contribution in [0.2, 0.25) is 0 Å². The molecular weight excluding hydrogens is 320 g/mol. The maximum atomic E-state index is 11.9. The van der Waals surface area contributed by atoms with Gasteiger partial charge in [0.2, 0.25) is 0 Å². The minimum Gasteiger partial charge on any atom is -0.458 e. The van der Waals surface area contributed by atoms with Crippen LogP contribution in [0.3, 0.4) is 0 Å². The molecule has 2 aliphatic carbocycles. The highest BCUT2D eigenvalue weighted by Crippen LogP contribution is 2.54. The van der Waals surface area contributed by atoms with Gasteiger partial charge in [-0.15, -0.1) is 11.6 Å². The van der Waals surface area contributed by atoms with E-state index in [-0.39, 0.29) is 23.6 Å². The Morgan fingerprint density at radius 3 is 2.83 bits per heavy atom. The number of carbonyl (C=O) groups is 2. The van der Waals surface area contributed by atoms with Crippen LogP contribution < -0.4 is 0 Å². The molecule has 1 aliphatic heterocycles. The molecular formula is C17H21ClO5. The van der Waals surface area contributed by atoms with Crippen molar-refractivity contribution in [2.45, 2.75) is 44.0 Å². The SMILES string of the molecule is C=C1C(=O)OC2C1CCC(O)(CCl)C1CC(OC(C)=O)C(=C)C21. The van der Waals surface area contributed by atoms with Gasteiger partial charge in [-0.1, -0.05) is 13.2 Å². The lowest BCUT2D eigenvalue weighted by Gasteiger charge is -2.34. The average Bonchev–Trinajstić information content (AvgIpc) is 2.91. The van der Waals surface area contributed by atoms with Gasteiger partial charge in [-0.05, 0) is 24.8 Å². The van der Waals surface area contributed by atoms with Crippen molar-refractivity contribution in [2.75, 3.05) is 5.88 Å². The van der Waals surface area contributed by atoms with Gasteiger partial charge in [-0.3, -0.25) is 4.79 Å². The number of aliphatic hydroxyl groups is 1. The van der Waals surface area contributed by atoms with Gasteiger partial charge in [0.05, 0.1) is 11.5 Å². The van der Waals surface area contributed by atoms with E-state index in [1.807, 2.05) is 0 Å². The molecule has 6 heteroatoms.